The average Bonchev–Trinajstić information content (AvgIpc) is 3.24. The molecule has 37 heavy (non-hydrogen) atoms. The van der Waals surface area contributed by atoms with Gasteiger partial charge in [0, 0.05) is 0 Å². The van der Waals surface area contributed by atoms with Gasteiger partial charge in [0.25, 0.3) is 0 Å². The molecule has 4 aromatic carbocycles. The molecule has 0 saturated carbocycles. The number of hydrogen-bond donors (Lipinski definition) is 0. The monoisotopic (exact) mass is 482 g/mol. The van der Waals surface area contributed by atoms with Crippen molar-refractivity contribution >= 4 is 24.7 Å². The van der Waals surface area contributed by atoms with Gasteiger partial charge in [-0.15, -0.1) is 0 Å². The molecule has 0 atom stereocenters. The van der Waals surface area contributed by atoms with Crippen LogP contribution in [0.1, 0.15) is 66.6 Å². The van der Waals surface area contributed by atoms with Crippen molar-refractivity contribution in [2.24, 2.45) is 0 Å². The van der Waals surface area contributed by atoms with Crippen LogP contribution < -0.4 is 5.46 Å². The fourth-order valence-electron chi connectivity index (χ4n) is 6.45. The molecule has 1 saturated heterocycles. The summed E-state index contributed by atoms with van der Waals surface area (Å²) in [4.78, 5) is 0. The van der Waals surface area contributed by atoms with Gasteiger partial charge in [-0.3, -0.25) is 0 Å². The summed E-state index contributed by atoms with van der Waals surface area (Å²) in [5, 5.41) is 0. The molecule has 0 amide bonds. The van der Waals surface area contributed by atoms with Crippen LogP contribution in [0.3, 0.4) is 0 Å². The van der Waals surface area contributed by atoms with E-state index in [0.29, 0.717) is 0 Å². The van der Waals surface area contributed by atoms with Gasteiger partial charge in [0.05, 0.1) is 16.6 Å². The van der Waals surface area contributed by atoms with Crippen molar-refractivity contribution in [3.05, 3.63) is 124 Å². The smallest absolute Gasteiger partial charge is 0.399 e. The van der Waals surface area contributed by atoms with E-state index in [0.717, 1.165) is 5.46 Å². The van der Waals surface area contributed by atoms with Gasteiger partial charge < -0.3 is 9.31 Å². The first kappa shape index (κ1) is 22.8. The lowest BCUT2D eigenvalue weighted by Crippen LogP contribution is -2.41. The zero-order valence-corrected chi connectivity index (χ0v) is 22.1. The van der Waals surface area contributed by atoms with E-state index < -0.39 is 23.7 Å². The quantitative estimate of drug-likeness (QED) is 0.232. The Morgan fingerprint density at radius 2 is 1.08 bits per heavy atom. The summed E-state index contributed by atoms with van der Waals surface area (Å²) in [5.74, 6) is 0. The van der Waals surface area contributed by atoms with Gasteiger partial charge in [-0.1, -0.05) is 103 Å². The third kappa shape index (κ3) is 3.02. The Balaban J connectivity index is 1.57. The molecule has 4 aromatic rings. The predicted octanol–water partition coefficient (Wildman–Crippen LogP) is 7.14. The van der Waals surface area contributed by atoms with E-state index in [1.807, 2.05) is 0 Å². The Hall–Kier alpha value is -3.40. The molecule has 1 heterocycles. The predicted molar refractivity (Wildman–Crippen MR) is 153 cm³/mol. The number of hydrogen-bond acceptors (Lipinski definition) is 2. The van der Waals surface area contributed by atoms with E-state index in [9.17, 15) is 0 Å². The fraction of sp³-hybridized carbons (Fsp3) is 0.235. The second-order valence-electron chi connectivity index (χ2n) is 11.7. The number of aryl methyl sites for hydroxylation is 1. The summed E-state index contributed by atoms with van der Waals surface area (Å²) in [7, 11) is -0.413. The van der Waals surface area contributed by atoms with Crippen molar-refractivity contribution in [1.82, 2.24) is 0 Å². The molecule has 3 aliphatic rings. The molecule has 2 nitrogen and oxygen atoms in total. The Labute approximate surface area is 220 Å². The van der Waals surface area contributed by atoms with Crippen LogP contribution in [-0.4, -0.2) is 18.3 Å². The molecule has 7 rings (SSSR count). The Bertz CT molecular complexity index is 1550. The molecule has 3 heteroatoms. The molecule has 0 N–H and O–H groups in total. The number of fused-ring (bicyclic) bond motifs is 9. The van der Waals surface area contributed by atoms with Crippen molar-refractivity contribution < 1.29 is 9.31 Å². The Morgan fingerprint density at radius 3 is 1.68 bits per heavy atom. The van der Waals surface area contributed by atoms with Crippen LogP contribution in [0.5, 0.6) is 0 Å². The molecule has 0 radical (unpaired) electrons. The minimum absolute atomic E-state index is 0.391. The number of rotatable bonds is 1. The maximum absolute atomic E-state index is 6.51. The highest BCUT2D eigenvalue weighted by molar-refractivity contribution is 6.62. The summed E-state index contributed by atoms with van der Waals surface area (Å²) < 4.78 is 13.0. The van der Waals surface area contributed by atoms with E-state index >= 15 is 0 Å². The molecular weight excluding hydrogens is 451 g/mol. The van der Waals surface area contributed by atoms with Crippen LogP contribution in [-0.2, 0) is 14.7 Å². The van der Waals surface area contributed by atoms with Crippen LogP contribution in [0.15, 0.2) is 84.9 Å². The van der Waals surface area contributed by atoms with Crippen LogP contribution >= 0.6 is 0 Å². The molecule has 0 unspecified atom stereocenters. The lowest BCUT2D eigenvalue weighted by molar-refractivity contribution is 0.00578. The molecule has 1 spiro atoms. The highest BCUT2D eigenvalue weighted by Gasteiger charge is 2.53. The summed E-state index contributed by atoms with van der Waals surface area (Å²) in [6.45, 7) is 10.6. The first-order chi connectivity index (χ1) is 17.7. The minimum Gasteiger partial charge on any atom is -0.399 e. The topological polar surface area (TPSA) is 18.5 Å². The second-order valence-corrected chi connectivity index (χ2v) is 11.7. The summed E-state index contributed by atoms with van der Waals surface area (Å²) in [6, 6.07) is 31.5. The molecule has 2 aliphatic carbocycles. The third-order valence-electron chi connectivity index (χ3n) is 9.01. The largest absolute Gasteiger partial charge is 0.494 e. The van der Waals surface area contributed by atoms with Crippen LogP contribution in [0.25, 0.3) is 23.3 Å². The zero-order valence-electron chi connectivity index (χ0n) is 22.1. The first-order valence-electron chi connectivity index (χ1n) is 13.2. The zero-order chi connectivity index (χ0) is 25.6. The standard InChI is InChI=1S/C34H31BO2/c1-22-14-15-23-16-17-24-18-19-25(35-36-32(2,3)33(4,5)37-35)21-31(24)34(30(23)20-22)28-12-8-6-10-26(28)27-11-7-9-13-29(27)34/h6-21H,1-5H3. The van der Waals surface area contributed by atoms with Gasteiger partial charge in [0.1, 0.15) is 0 Å². The maximum atomic E-state index is 6.51. The Kier molecular flexibility index (Phi) is 4.66. The van der Waals surface area contributed by atoms with Gasteiger partial charge in [-0.2, -0.15) is 0 Å². The molecule has 182 valence electrons. The SMILES string of the molecule is Cc1ccc2c(c1)C1(c3cc(B4OC(C)(C)C(C)(C)O4)ccc3C=C2)c2ccccc2-c2ccccc21. The van der Waals surface area contributed by atoms with Crippen LogP contribution in [0.4, 0.5) is 0 Å². The van der Waals surface area contributed by atoms with Gasteiger partial charge in [0.15, 0.2) is 0 Å². The van der Waals surface area contributed by atoms with E-state index in [-0.39, 0.29) is 0 Å². The molecule has 1 fully saturated rings. The van der Waals surface area contributed by atoms with Gasteiger partial charge >= 0.3 is 7.12 Å². The third-order valence-corrected chi connectivity index (χ3v) is 9.01. The summed E-state index contributed by atoms with van der Waals surface area (Å²) >= 11 is 0. The van der Waals surface area contributed by atoms with Crippen molar-refractivity contribution in [3.63, 3.8) is 0 Å². The highest BCUT2D eigenvalue weighted by Crippen LogP contribution is 2.58. The van der Waals surface area contributed by atoms with Crippen molar-refractivity contribution in [2.75, 3.05) is 0 Å². The van der Waals surface area contributed by atoms with E-state index in [4.69, 9.17) is 9.31 Å². The van der Waals surface area contributed by atoms with Gasteiger partial charge in [-0.05, 0) is 84.6 Å². The summed E-state index contributed by atoms with van der Waals surface area (Å²) in [5.41, 5.74) is 11.5. The molecule has 0 aromatic heterocycles. The molecular formula is C34H31BO2. The lowest BCUT2D eigenvalue weighted by Gasteiger charge is -2.36. The maximum Gasteiger partial charge on any atom is 0.494 e. The van der Waals surface area contributed by atoms with E-state index in [1.165, 1.54) is 50.1 Å². The van der Waals surface area contributed by atoms with Crippen molar-refractivity contribution in [2.45, 2.75) is 51.2 Å². The first-order valence-corrected chi connectivity index (χ1v) is 13.2. The lowest BCUT2D eigenvalue weighted by atomic mass is 9.64. The summed E-state index contributed by atoms with van der Waals surface area (Å²) in [6.07, 6.45) is 4.55. The average molecular weight is 482 g/mol. The van der Waals surface area contributed by atoms with Crippen molar-refractivity contribution in [3.8, 4) is 11.1 Å². The number of benzene rings is 4. The normalized spacial score (nSPS) is 19.2. The molecule has 1 aliphatic heterocycles. The minimum atomic E-state index is -0.437. The fourth-order valence-corrected chi connectivity index (χ4v) is 6.45. The van der Waals surface area contributed by atoms with E-state index in [2.05, 4.69) is 132 Å². The van der Waals surface area contributed by atoms with Crippen LogP contribution in [0.2, 0.25) is 0 Å². The van der Waals surface area contributed by atoms with Crippen molar-refractivity contribution in [1.29, 1.82) is 0 Å². The van der Waals surface area contributed by atoms with Gasteiger partial charge in [0.2, 0.25) is 0 Å². The molecule has 0 bridgehead atoms. The van der Waals surface area contributed by atoms with E-state index in [1.54, 1.807) is 0 Å². The Morgan fingerprint density at radius 1 is 0.568 bits per heavy atom. The highest BCUT2D eigenvalue weighted by atomic mass is 16.7. The van der Waals surface area contributed by atoms with Gasteiger partial charge in [-0.25, -0.2) is 0 Å². The van der Waals surface area contributed by atoms with Crippen LogP contribution in [0, 0.1) is 6.92 Å². The second kappa shape index (κ2) is 7.57.